The van der Waals surface area contributed by atoms with Crippen molar-refractivity contribution in [3.8, 4) is 0 Å². The number of rotatable bonds is 8. The average molecular weight is 410 g/mol. The number of nitrogens with zero attached hydrogens (tertiary/aromatic N) is 2. The van der Waals surface area contributed by atoms with Gasteiger partial charge in [0.25, 0.3) is 5.91 Å². The molecule has 0 saturated carbocycles. The predicted molar refractivity (Wildman–Crippen MR) is 129 cm³/mol. The minimum absolute atomic E-state index is 0.117. The smallest absolute Gasteiger partial charge is 0.257 e. The fourth-order valence-electron chi connectivity index (χ4n) is 3.81. The van der Waals surface area contributed by atoms with Crippen LogP contribution in [0.25, 0.3) is 10.9 Å². The molecule has 156 valence electrons. The first kappa shape index (κ1) is 20.6. The number of nitrogens with one attached hydrogen (secondary N) is 1. The van der Waals surface area contributed by atoms with Gasteiger partial charge in [0.15, 0.2) is 0 Å². The Morgan fingerprint density at radius 1 is 0.903 bits per heavy atom. The molecule has 0 aliphatic rings. The number of anilines is 2. The van der Waals surface area contributed by atoms with E-state index in [0.717, 1.165) is 42.5 Å². The van der Waals surface area contributed by atoms with Crippen molar-refractivity contribution < 1.29 is 4.79 Å². The molecular weight excluding hydrogens is 382 g/mol. The molecule has 1 heterocycles. The van der Waals surface area contributed by atoms with Crippen LogP contribution in [-0.2, 0) is 6.42 Å². The molecule has 0 fully saturated rings. The summed E-state index contributed by atoms with van der Waals surface area (Å²) in [6.45, 7) is 3.92. The zero-order valence-electron chi connectivity index (χ0n) is 17.8. The average Bonchev–Trinajstić information content (AvgIpc) is 2.82. The highest BCUT2D eigenvalue weighted by atomic mass is 16.1. The summed E-state index contributed by atoms with van der Waals surface area (Å²) in [6, 6.07) is 28.2. The van der Waals surface area contributed by atoms with Crippen LogP contribution >= 0.6 is 0 Å². The zero-order valence-corrected chi connectivity index (χ0v) is 17.8. The molecule has 0 atom stereocenters. The van der Waals surface area contributed by atoms with Gasteiger partial charge in [0.05, 0.1) is 23.0 Å². The van der Waals surface area contributed by atoms with Crippen molar-refractivity contribution in [2.45, 2.75) is 19.8 Å². The molecule has 0 bridgehead atoms. The largest absolute Gasteiger partial charge is 0.371 e. The minimum Gasteiger partial charge on any atom is -0.371 e. The third-order valence-electron chi connectivity index (χ3n) is 5.34. The van der Waals surface area contributed by atoms with Crippen LogP contribution < -0.4 is 10.2 Å². The number of para-hydroxylation sites is 2. The molecule has 4 aromatic rings. The zero-order chi connectivity index (χ0) is 21.5. The second-order valence-corrected chi connectivity index (χ2v) is 7.61. The third-order valence-corrected chi connectivity index (χ3v) is 5.34. The summed E-state index contributed by atoms with van der Waals surface area (Å²) >= 11 is 0. The van der Waals surface area contributed by atoms with Crippen molar-refractivity contribution in [2.75, 3.05) is 23.3 Å². The number of fused-ring (bicyclic) bond motifs is 1. The van der Waals surface area contributed by atoms with Gasteiger partial charge in [-0.2, -0.15) is 0 Å². The van der Waals surface area contributed by atoms with Crippen LogP contribution in [0, 0.1) is 0 Å². The van der Waals surface area contributed by atoms with E-state index in [0.29, 0.717) is 11.3 Å². The highest BCUT2D eigenvalue weighted by Crippen LogP contribution is 2.23. The van der Waals surface area contributed by atoms with Gasteiger partial charge in [-0.05, 0) is 42.7 Å². The van der Waals surface area contributed by atoms with E-state index in [9.17, 15) is 4.79 Å². The summed E-state index contributed by atoms with van der Waals surface area (Å²) in [4.78, 5) is 19.9. The van der Waals surface area contributed by atoms with Crippen molar-refractivity contribution in [1.82, 2.24) is 4.98 Å². The lowest BCUT2D eigenvalue weighted by Gasteiger charge is -2.26. The van der Waals surface area contributed by atoms with Gasteiger partial charge < -0.3 is 10.2 Å². The van der Waals surface area contributed by atoms with Gasteiger partial charge in [0, 0.05) is 24.2 Å². The van der Waals surface area contributed by atoms with Crippen molar-refractivity contribution in [2.24, 2.45) is 0 Å². The van der Waals surface area contributed by atoms with Gasteiger partial charge in [-0.15, -0.1) is 0 Å². The SMILES string of the molecule is CCCN(CCc1ccccc1)c1ccccc1C(=O)Nc1cnc2ccccc2c1. The number of hydrogen-bond donors (Lipinski definition) is 1. The Balaban J connectivity index is 1.55. The molecule has 0 aliphatic heterocycles. The minimum atomic E-state index is -0.117. The molecule has 1 amide bonds. The van der Waals surface area contributed by atoms with Crippen LogP contribution in [0.15, 0.2) is 91.1 Å². The Morgan fingerprint density at radius 3 is 2.48 bits per heavy atom. The quantitative estimate of drug-likeness (QED) is 0.391. The second-order valence-electron chi connectivity index (χ2n) is 7.61. The van der Waals surface area contributed by atoms with Crippen molar-refractivity contribution >= 4 is 28.2 Å². The Hall–Kier alpha value is -3.66. The Bertz CT molecular complexity index is 1160. The van der Waals surface area contributed by atoms with Gasteiger partial charge in [-0.25, -0.2) is 0 Å². The number of carbonyl (C=O) groups excluding carboxylic acids is 1. The number of amides is 1. The van der Waals surface area contributed by atoms with Gasteiger partial charge in [-0.3, -0.25) is 9.78 Å². The van der Waals surface area contributed by atoms with Gasteiger partial charge >= 0.3 is 0 Å². The summed E-state index contributed by atoms with van der Waals surface area (Å²) in [6.07, 6.45) is 3.66. The van der Waals surface area contributed by atoms with Crippen LogP contribution in [0.1, 0.15) is 29.3 Å². The van der Waals surface area contributed by atoms with E-state index in [-0.39, 0.29) is 5.91 Å². The maximum Gasteiger partial charge on any atom is 0.257 e. The van der Waals surface area contributed by atoms with Crippen LogP contribution in [0.2, 0.25) is 0 Å². The summed E-state index contributed by atoms with van der Waals surface area (Å²) in [5, 5.41) is 4.04. The lowest BCUT2D eigenvalue weighted by molar-refractivity contribution is 0.102. The Labute approximate surface area is 183 Å². The molecule has 1 N–H and O–H groups in total. The molecular formula is C27H27N3O. The van der Waals surface area contributed by atoms with E-state index in [1.54, 1.807) is 6.20 Å². The highest BCUT2D eigenvalue weighted by Gasteiger charge is 2.16. The molecule has 0 unspecified atom stereocenters. The third kappa shape index (κ3) is 5.10. The standard InChI is InChI=1S/C27H27N3O/c1-2-17-30(18-16-21-10-4-3-5-11-21)26-15-9-7-13-24(26)27(31)29-23-19-22-12-6-8-14-25(22)28-20-23/h3-15,19-20H,2,16-18H2,1H3,(H,29,31). The first-order valence-electron chi connectivity index (χ1n) is 10.8. The topological polar surface area (TPSA) is 45.2 Å². The highest BCUT2D eigenvalue weighted by molar-refractivity contribution is 6.08. The van der Waals surface area contributed by atoms with Gasteiger partial charge in [0.1, 0.15) is 0 Å². The molecule has 0 aliphatic carbocycles. The van der Waals surface area contributed by atoms with Crippen molar-refractivity contribution in [1.29, 1.82) is 0 Å². The fraction of sp³-hybridized carbons (Fsp3) is 0.185. The summed E-state index contributed by atoms with van der Waals surface area (Å²) in [5.74, 6) is -0.117. The number of pyridine rings is 1. The van der Waals surface area contributed by atoms with Crippen LogP contribution in [0.4, 0.5) is 11.4 Å². The number of carbonyl (C=O) groups is 1. The van der Waals surface area contributed by atoms with E-state index in [1.165, 1.54) is 5.56 Å². The number of hydrogen-bond acceptors (Lipinski definition) is 3. The number of aromatic nitrogens is 1. The van der Waals surface area contributed by atoms with Gasteiger partial charge in [0.2, 0.25) is 0 Å². The summed E-state index contributed by atoms with van der Waals surface area (Å²) in [7, 11) is 0. The molecule has 0 saturated heterocycles. The fourth-order valence-corrected chi connectivity index (χ4v) is 3.81. The first-order chi connectivity index (χ1) is 15.2. The molecule has 4 heteroatoms. The summed E-state index contributed by atoms with van der Waals surface area (Å²) < 4.78 is 0. The summed E-state index contributed by atoms with van der Waals surface area (Å²) in [5.41, 5.74) is 4.55. The van der Waals surface area contributed by atoms with E-state index in [1.807, 2.05) is 60.7 Å². The second kappa shape index (κ2) is 9.90. The van der Waals surface area contributed by atoms with E-state index in [2.05, 4.69) is 46.4 Å². The molecule has 4 nitrogen and oxygen atoms in total. The Morgan fingerprint density at radius 2 is 1.65 bits per heavy atom. The molecule has 3 aromatic carbocycles. The van der Waals surface area contributed by atoms with E-state index in [4.69, 9.17) is 0 Å². The Kier molecular flexibility index (Phi) is 6.58. The molecule has 0 radical (unpaired) electrons. The molecule has 0 spiro atoms. The van der Waals surface area contributed by atoms with Gasteiger partial charge in [-0.1, -0.05) is 67.6 Å². The van der Waals surface area contributed by atoms with Crippen molar-refractivity contribution in [3.63, 3.8) is 0 Å². The monoisotopic (exact) mass is 409 g/mol. The number of benzene rings is 3. The maximum atomic E-state index is 13.2. The molecule has 31 heavy (non-hydrogen) atoms. The predicted octanol–water partition coefficient (Wildman–Crippen LogP) is 5.95. The normalized spacial score (nSPS) is 10.7. The van der Waals surface area contributed by atoms with E-state index >= 15 is 0 Å². The molecule has 1 aromatic heterocycles. The first-order valence-corrected chi connectivity index (χ1v) is 10.8. The van der Waals surface area contributed by atoms with Crippen molar-refractivity contribution in [3.05, 3.63) is 102 Å². The lowest BCUT2D eigenvalue weighted by Crippen LogP contribution is -2.29. The maximum absolute atomic E-state index is 13.2. The van der Waals surface area contributed by atoms with Crippen LogP contribution in [0.3, 0.4) is 0 Å². The molecule has 4 rings (SSSR count). The van der Waals surface area contributed by atoms with Crippen LogP contribution in [0.5, 0.6) is 0 Å². The van der Waals surface area contributed by atoms with E-state index < -0.39 is 0 Å². The van der Waals surface area contributed by atoms with Crippen LogP contribution in [-0.4, -0.2) is 24.0 Å². The lowest BCUT2D eigenvalue weighted by atomic mass is 10.1.